The highest BCUT2D eigenvalue weighted by Crippen LogP contribution is 2.22. The van der Waals surface area contributed by atoms with Gasteiger partial charge in [0.2, 0.25) is 5.91 Å². The Morgan fingerprint density at radius 1 is 1.00 bits per heavy atom. The second-order valence-corrected chi connectivity index (χ2v) is 7.13. The van der Waals surface area contributed by atoms with Crippen molar-refractivity contribution in [3.8, 4) is 0 Å². The number of hydrogen-bond donors (Lipinski definition) is 2. The quantitative estimate of drug-likeness (QED) is 0.177. The monoisotopic (exact) mass is 532 g/mol. The molecule has 0 saturated carbocycles. The lowest BCUT2D eigenvalue weighted by Gasteiger charge is -2.16. The molecule has 0 radical (unpaired) electrons. The van der Waals surface area contributed by atoms with Crippen LogP contribution in [0.4, 0.5) is 0 Å². The maximum absolute atomic E-state index is 12.4. The normalized spacial score (nSPS) is 13.0. The first-order valence-corrected chi connectivity index (χ1v) is 10.7. The summed E-state index contributed by atoms with van der Waals surface area (Å²) in [6.45, 7) is 7.66. The molecule has 1 aromatic carbocycles. The third kappa shape index (κ3) is 10.1. The van der Waals surface area contributed by atoms with Crippen LogP contribution in [0.2, 0.25) is 0 Å². The number of hydrogen-bond acceptors (Lipinski definition) is 4. The second kappa shape index (κ2) is 16.3. The molecule has 1 aliphatic rings. The second-order valence-electron chi connectivity index (χ2n) is 7.13. The van der Waals surface area contributed by atoms with Gasteiger partial charge in [-0.05, 0) is 24.0 Å². The van der Waals surface area contributed by atoms with Crippen LogP contribution in [0, 0.1) is 0 Å². The minimum absolute atomic E-state index is 0. The van der Waals surface area contributed by atoms with Crippen molar-refractivity contribution in [2.24, 2.45) is 4.99 Å². The van der Waals surface area contributed by atoms with E-state index in [2.05, 4.69) is 34.7 Å². The predicted octanol–water partition coefficient (Wildman–Crippen LogP) is 2.93. The lowest BCUT2D eigenvalue weighted by atomic mass is 10.1. The molecule has 7 nitrogen and oxygen atoms in total. The summed E-state index contributed by atoms with van der Waals surface area (Å²) in [5.74, 6) is 0.939. The number of aliphatic imine (C=N–C) groups is 1. The highest BCUT2D eigenvalue weighted by Gasteiger charge is 2.22. The van der Waals surface area contributed by atoms with E-state index in [1.807, 2.05) is 17.0 Å². The average molecular weight is 532 g/mol. The predicted molar refractivity (Wildman–Crippen MR) is 131 cm³/mol. The van der Waals surface area contributed by atoms with Crippen LogP contribution in [0.5, 0.6) is 0 Å². The topological polar surface area (TPSA) is 75.2 Å². The summed E-state index contributed by atoms with van der Waals surface area (Å²) in [6.07, 6.45) is 3.56. The van der Waals surface area contributed by atoms with Crippen molar-refractivity contribution in [1.29, 1.82) is 0 Å². The summed E-state index contributed by atoms with van der Waals surface area (Å²) in [5.41, 5.74) is 2.52. The number of fused-ring (bicyclic) bond motifs is 1. The van der Waals surface area contributed by atoms with Gasteiger partial charge in [0.15, 0.2) is 5.96 Å². The fraction of sp³-hybridized carbons (Fsp3) is 0.636. The van der Waals surface area contributed by atoms with E-state index in [0.717, 1.165) is 44.9 Å². The zero-order valence-corrected chi connectivity index (χ0v) is 20.7. The van der Waals surface area contributed by atoms with E-state index in [9.17, 15) is 4.79 Å². The number of benzene rings is 1. The number of halogens is 1. The Morgan fingerprint density at radius 2 is 1.63 bits per heavy atom. The van der Waals surface area contributed by atoms with Crippen molar-refractivity contribution >= 4 is 35.8 Å². The van der Waals surface area contributed by atoms with Gasteiger partial charge in [-0.1, -0.05) is 37.6 Å². The maximum Gasteiger partial charge on any atom is 0.223 e. The van der Waals surface area contributed by atoms with E-state index in [4.69, 9.17) is 9.47 Å². The number of guanidine groups is 1. The van der Waals surface area contributed by atoms with Crippen LogP contribution < -0.4 is 10.6 Å². The summed E-state index contributed by atoms with van der Waals surface area (Å²) < 4.78 is 11.0. The number of rotatable bonds is 13. The van der Waals surface area contributed by atoms with Crippen LogP contribution in [0.25, 0.3) is 0 Å². The molecule has 1 aliphatic heterocycles. The molecular formula is C22H37IN4O3. The van der Waals surface area contributed by atoms with E-state index in [0.29, 0.717) is 39.3 Å². The molecule has 0 bridgehead atoms. The molecule has 0 unspecified atom stereocenters. The van der Waals surface area contributed by atoms with E-state index in [1.54, 1.807) is 7.05 Å². The molecule has 1 amide bonds. The highest BCUT2D eigenvalue weighted by molar-refractivity contribution is 14.0. The van der Waals surface area contributed by atoms with Gasteiger partial charge in [0.25, 0.3) is 0 Å². The Labute approximate surface area is 198 Å². The maximum atomic E-state index is 12.4. The van der Waals surface area contributed by atoms with Gasteiger partial charge >= 0.3 is 0 Å². The first-order chi connectivity index (χ1) is 14.2. The van der Waals surface area contributed by atoms with Crippen LogP contribution >= 0.6 is 24.0 Å². The van der Waals surface area contributed by atoms with Crippen molar-refractivity contribution in [3.05, 3.63) is 35.4 Å². The van der Waals surface area contributed by atoms with Gasteiger partial charge in [0, 0.05) is 46.3 Å². The van der Waals surface area contributed by atoms with E-state index in [-0.39, 0.29) is 29.9 Å². The fourth-order valence-electron chi connectivity index (χ4n) is 3.14. The molecular weight excluding hydrogens is 495 g/mol. The third-order valence-corrected chi connectivity index (χ3v) is 4.83. The third-order valence-electron chi connectivity index (χ3n) is 4.83. The zero-order chi connectivity index (χ0) is 20.7. The van der Waals surface area contributed by atoms with Crippen LogP contribution in [0.3, 0.4) is 0 Å². The molecule has 0 fully saturated rings. The van der Waals surface area contributed by atoms with Crippen LogP contribution in [0.1, 0.15) is 43.7 Å². The van der Waals surface area contributed by atoms with Gasteiger partial charge in [0.1, 0.15) is 0 Å². The van der Waals surface area contributed by atoms with Crippen molar-refractivity contribution in [2.75, 3.05) is 46.6 Å². The SMILES string of the molecule is CCCCOCCOCCNC(=NC)NCCCC(=O)N1Cc2ccccc2C1.I. The van der Waals surface area contributed by atoms with Gasteiger partial charge in [-0.25, -0.2) is 0 Å². The van der Waals surface area contributed by atoms with Gasteiger partial charge in [-0.2, -0.15) is 0 Å². The van der Waals surface area contributed by atoms with Crippen molar-refractivity contribution in [1.82, 2.24) is 15.5 Å². The molecule has 0 aliphatic carbocycles. The summed E-state index contributed by atoms with van der Waals surface area (Å²) in [7, 11) is 1.74. The summed E-state index contributed by atoms with van der Waals surface area (Å²) in [6, 6.07) is 8.26. The molecule has 30 heavy (non-hydrogen) atoms. The Balaban J connectivity index is 0.00000450. The average Bonchev–Trinajstić information content (AvgIpc) is 3.18. The first-order valence-electron chi connectivity index (χ1n) is 10.7. The largest absolute Gasteiger partial charge is 0.379 e. The Bertz CT molecular complexity index is 618. The number of ether oxygens (including phenoxy) is 2. The number of carbonyl (C=O) groups is 1. The molecule has 1 heterocycles. The van der Waals surface area contributed by atoms with Crippen molar-refractivity contribution < 1.29 is 14.3 Å². The molecule has 0 atom stereocenters. The summed E-state index contributed by atoms with van der Waals surface area (Å²) in [4.78, 5) is 18.5. The molecule has 2 N–H and O–H groups in total. The number of amides is 1. The Morgan fingerprint density at radius 3 is 2.27 bits per heavy atom. The van der Waals surface area contributed by atoms with Gasteiger partial charge in [0.05, 0.1) is 19.8 Å². The smallest absolute Gasteiger partial charge is 0.223 e. The van der Waals surface area contributed by atoms with Crippen molar-refractivity contribution in [3.63, 3.8) is 0 Å². The first kappa shape index (κ1) is 26.6. The van der Waals surface area contributed by atoms with Crippen LogP contribution in [0.15, 0.2) is 29.3 Å². The highest BCUT2D eigenvalue weighted by atomic mass is 127. The minimum atomic E-state index is 0. The fourth-order valence-corrected chi connectivity index (χ4v) is 3.14. The number of unbranched alkanes of at least 4 members (excludes halogenated alkanes) is 1. The molecule has 8 heteroatoms. The molecule has 0 saturated heterocycles. The summed E-state index contributed by atoms with van der Waals surface area (Å²) in [5, 5.41) is 6.46. The molecule has 170 valence electrons. The van der Waals surface area contributed by atoms with E-state index < -0.39 is 0 Å². The van der Waals surface area contributed by atoms with Crippen molar-refractivity contribution in [2.45, 2.75) is 45.7 Å². The standard InChI is InChI=1S/C22H36N4O3.HI/c1-3-4-13-28-15-16-29-14-12-25-22(23-2)24-11-7-10-21(27)26-17-19-8-5-6-9-20(19)18-26;/h5-6,8-9H,3-4,7,10-18H2,1-2H3,(H2,23,24,25);1H. The lowest BCUT2D eigenvalue weighted by Crippen LogP contribution is -2.39. The van der Waals surface area contributed by atoms with Gasteiger partial charge in [-0.3, -0.25) is 9.79 Å². The minimum Gasteiger partial charge on any atom is -0.379 e. The Kier molecular flexibility index (Phi) is 14.5. The zero-order valence-electron chi connectivity index (χ0n) is 18.3. The molecule has 0 spiro atoms. The van der Waals surface area contributed by atoms with Crippen LogP contribution in [-0.2, 0) is 27.4 Å². The lowest BCUT2D eigenvalue weighted by molar-refractivity contribution is -0.131. The van der Waals surface area contributed by atoms with E-state index in [1.165, 1.54) is 11.1 Å². The molecule has 2 rings (SSSR count). The van der Waals surface area contributed by atoms with E-state index >= 15 is 0 Å². The number of nitrogens with one attached hydrogen (secondary N) is 2. The van der Waals surface area contributed by atoms with Gasteiger partial charge < -0.3 is 25.0 Å². The Hall–Kier alpha value is -1.39. The van der Waals surface area contributed by atoms with Gasteiger partial charge in [-0.15, -0.1) is 24.0 Å². The number of nitrogens with zero attached hydrogens (tertiary/aromatic N) is 2. The number of carbonyl (C=O) groups excluding carboxylic acids is 1. The molecule has 0 aromatic heterocycles. The summed E-state index contributed by atoms with van der Waals surface area (Å²) >= 11 is 0. The van der Waals surface area contributed by atoms with Crippen LogP contribution in [-0.4, -0.2) is 63.3 Å². The molecule has 1 aromatic rings.